The number of aromatic nitrogens is 3. The summed E-state index contributed by atoms with van der Waals surface area (Å²) in [6.45, 7) is 2.14. The minimum Gasteiger partial charge on any atom is -0.313 e. The van der Waals surface area contributed by atoms with Crippen molar-refractivity contribution in [2.24, 2.45) is 0 Å². The summed E-state index contributed by atoms with van der Waals surface area (Å²) < 4.78 is 1.86. The Labute approximate surface area is 112 Å². The number of rotatable bonds is 3. The molecule has 1 N–H and O–H groups in total. The van der Waals surface area contributed by atoms with Gasteiger partial charge in [-0.3, -0.25) is 0 Å². The van der Waals surface area contributed by atoms with E-state index in [4.69, 9.17) is 0 Å². The van der Waals surface area contributed by atoms with E-state index in [2.05, 4.69) is 46.8 Å². The summed E-state index contributed by atoms with van der Waals surface area (Å²) in [4.78, 5) is 0. The van der Waals surface area contributed by atoms with Crippen LogP contribution in [0, 0.1) is 0 Å². The Hall–Kier alpha value is -2.20. The molecule has 0 saturated carbocycles. The van der Waals surface area contributed by atoms with E-state index in [0.717, 1.165) is 16.7 Å². The lowest BCUT2D eigenvalue weighted by atomic mass is 10.1. The predicted molar refractivity (Wildman–Crippen MR) is 76.3 cm³/mol. The Morgan fingerprint density at radius 2 is 1.79 bits per heavy atom. The molecule has 0 aliphatic heterocycles. The smallest absolute Gasteiger partial charge is 0.113 e. The zero-order valence-electron chi connectivity index (χ0n) is 11.0. The van der Waals surface area contributed by atoms with Gasteiger partial charge in [0, 0.05) is 6.04 Å². The molecule has 3 aromatic rings. The monoisotopic (exact) mass is 252 g/mol. The summed E-state index contributed by atoms with van der Waals surface area (Å²) in [5, 5.41) is 11.6. The van der Waals surface area contributed by atoms with Crippen LogP contribution in [0.5, 0.6) is 0 Å². The molecule has 4 heteroatoms. The predicted octanol–water partition coefficient (Wildman–Crippen LogP) is 2.70. The van der Waals surface area contributed by atoms with Crippen LogP contribution in [0.15, 0.2) is 48.5 Å². The number of para-hydroxylation sites is 1. The molecule has 1 heterocycles. The number of nitrogens with one attached hydrogen (secondary N) is 1. The van der Waals surface area contributed by atoms with E-state index in [1.54, 1.807) is 0 Å². The van der Waals surface area contributed by atoms with Gasteiger partial charge in [0.15, 0.2) is 0 Å². The van der Waals surface area contributed by atoms with Crippen LogP contribution in [-0.2, 0) is 0 Å². The van der Waals surface area contributed by atoms with E-state index in [9.17, 15) is 0 Å². The maximum absolute atomic E-state index is 4.21. The quantitative estimate of drug-likeness (QED) is 0.779. The van der Waals surface area contributed by atoms with Crippen molar-refractivity contribution in [3.8, 4) is 5.69 Å². The first kappa shape index (κ1) is 11.9. The first-order chi connectivity index (χ1) is 9.29. The van der Waals surface area contributed by atoms with E-state index < -0.39 is 0 Å². The van der Waals surface area contributed by atoms with Crippen molar-refractivity contribution in [1.29, 1.82) is 0 Å². The molecule has 0 saturated heterocycles. The van der Waals surface area contributed by atoms with Crippen LogP contribution in [0.1, 0.15) is 18.5 Å². The molecule has 0 aliphatic carbocycles. The molecule has 0 fully saturated rings. The van der Waals surface area contributed by atoms with Crippen molar-refractivity contribution >= 4 is 11.0 Å². The van der Waals surface area contributed by atoms with Gasteiger partial charge in [-0.1, -0.05) is 29.5 Å². The van der Waals surface area contributed by atoms with Crippen LogP contribution in [0.25, 0.3) is 16.7 Å². The molecule has 4 nitrogen and oxygen atoms in total. The second kappa shape index (κ2) is 4.82. The Morgan fingerprint density at radius 3 is 2.53 bits per heavy atom. The second-order valence-electron chi connectivity index (χ2n) is 4.59. The van der Waals surface area contributed by atoms with Crippen molar-refractivity contribution < 1.29 is 0 Å². The SMILES string of the molecule is CNC(C)c1ccc(-n2nnc3ccccc32)cc1. The summed E-state index contributed by atoms with van der Waals surface area (Å²) in [5.41, 5.74) is 4.23. The van der Waals surface area contributed by atoms with E-state index in [1.165, 1.54) is 5.56 Å². The van der Waals surface area contributed by atoms with Crippen LogP contribution >= 0.6 is 0 Å². The highest BCUT2D eigenvalue weighted by Gasteiger charge is 2.07. The maximum Gasteiger partial charge on any atom is 0.113 e. The lowest BCUT2D eigenvalue weighted by Gasteiger charge is -2.11. The molecule has 1 unspecified atom stereocenters. The summed E-state index contributed by atoms with van der Waals surface area (Å²) in [6.07, 6.45) is 0. The Morgan fingerprint density at radius 1 is 1.05 bits per heavy atom. The number of nitrogens with zero attached hydrogens (tertiary/aromatic N) is 3. The number of hydrogen-bond acceptors (Lipinski definition) is 3. The third-order valence-electron chi connectivity index (χ3n) is 3.42. The average Bonchev–Trinajstić information content (AvgIpc) is 2.90. The van der Waals surface area contributed by atoms with Crippen LogP contribution in [-0.4, -0.2) is 22.0 Å². The second-order valence-corrected chi connectivity index (χ2v) is 4.59. The molecule has 0 spiro atoms. The van der Waals surface area contributed by atoms with Gasteiger partial charge in [-0.25, -0.2) is 4.68 Å². The van der Waals surface area contributed by atoms with Crippen molar-refractivity contribution in [2.45, 2.75) is 13.0 Å². The first-order valence-corrected chi connectivity index (χ1v) is 6.37. The molecule has 1 atom stereocenters. The summed E-state index contributed by atoms with van der Waals surface area (Å²) in [5.74, 6) is 0. The zero-order valence-corrected chi connectivity index (χ0v) is 11.0. The average molecular weight is 252 g/mol. The molecule has 0 aliphatic rings. The minimum atomic E-state index is 0.349. The van der Waals surface area contributed by atoms with Crippen molar-refractivity contribution in [3.63, 3.8) is 0 Å². The topological polar surface area (TPSA) is 42.7 Å². The van der Waals surface area contributed by atoms with Gasteiger partial charge in [-0.15, -0.1) is 5.10 Å². The fourth-order valence-corrected chi connectivity index (χ4v) is 2.13. The molecular weight excluding hydrogens is 236 g/mol. The standard InChI is InChI=1S/C15H16N4/c1-11(16-2)12-7-9-13(10-8-12)19-15-6-4-3-5-14(15)17-18-19/h3-11,16H,1-2H3. The minimum absolute atomic E-state index is 0.349. The van der Waals surface area contributed by atoms with Gasteiger partial charge in [0.1, 0.15) is 5.52 Å². The molecule has 19 heavy (non-hydrogen) atoms. The number of hydrogen-bond donors (Lipinski definition) is 1. The van der Waals surface area contributed by atoms with Crippen LogP contribution in [0.4, 0.5) is 0 Å². The fraction of sp³-hybridized carbons (Fsp3) is 0.200. The van der Waals surface area contributed by atoms with E-state index in [0.29, 0.717) is 6.04 Å². The van der Waals surface area contributed by atoms with E-state index in [-0.39, 0.29) is 0 Å². The molecule has 2 aromatic carbocycles. The van der Waals surface area contributed by atoms with Crippen LogP contribution in [0.3, 0.4) is 0 Å². The molecular formula is C15H16N4. The zero-order chi connectivity index (χ0) is 13.2. The lowest BCUT2D eigenvalue weighted by molar-refractivity contribution is 0.652. The summed E-state index contributed by atoms with van der Waals surface area (Å²) in [7, 11) is 1.96. The number of benzene rings is 2. The molecule has 0 bridgehead atoms. The molecule has 0 amide bonds. The lowest BCUT2D eigenvalue weighted by Crippen LogP contribution is -2.12. The fourth-order valence-electron chi connectivity index (χ4n) is 2.13. The van der Waals surface area contributed by atoms with Gasteiger partial charge in [0.05, 0.1) is 11.2 Å². The molecule has 3 rings (SSSR count). The Balaban J connectivity index is 2.02. The third-order valence-corrected chi connectivity index (χ3v) is 3.42. The molecule has 0 radical (unpaired) electrons. The van der Waals surface area contributed by atoms with Gasteiger partial charge in [0.25, 0.3) is 0 Å². The maximum atomic E-state index is 4.21. The summed E-state index contributed by atoms with van der Waals surface area (Å²) in [6, 6.07) is 16.7. The molecule has 96 valence electrons. The van der Waals surface area contributed by atoms with Gasteiger partial charge in [0.2, 0.25) is 0 Å². The molecule has 1 aromatic heterocycles. The number of fused-ring (bicyclic) bond motifs is 1. The Kier molecular flexibility index (Phi) is 3.01. The van der Waals surface area contributed by atoms with Crippen LogP contribution in [0.2, 0.25) is 0 Å². The Bertz CT molecular complexity index is 685. The third kappa shape index (κ3) is 2.11. The van der Waals surface area contributed by atoms with E-state index in [1.807, 2.05) is 36.0 Å². The van der Waals surface area contributed by atoms with Gasteiger partial charge >= 0.3 is 0 Å². The van der Waals surface area contributed by atoms with Gasteiger partial charge in [-0.05, 0) is 43.8 Å². The first-order valence-electron chi connectivity index (χ1n) is 6.37. The van der Waals surface area contributed by atoms with Crippen molar-refractivity contribution in [1.82, 2.24) is 20.3 Å². The van der Waals surface area contributed by atoms with E-state index >= 15 is 0 Å². The summed E-state index contributed by atoms with van der Waals surface area (Å²) >= 11 is 0. The highest BCUT2D eigenvalue weighted by Crippen LogP contribution is 2.18. The van der Waals surface area contributed by atoms with Crippen molar-refractivity contribution in [2.75, 3.05) is 7.05 Å². The highest BCUT2D eigenvalue weighted by molar-refractivity contribution is 5.75. The van der Waals surface area contributed by atoms with Crippen LogP contribution < -0.4 is 5.32 Å². The largest absolute Gasteiger partial charge is 0.313 e. The highest BCUT2D eigenvalue weighted by atomic mass is 15.4. The van der Waals surface area contributed by atoms with Gasteiger partial charge in [-0.2, -0.15) is 0 Å². The van der Waals surface area contributed by atoms with Crippen molar-refractivity contribution in [3.05, 3.63) is 54.1 Å². The normalized spacial score (nSPS) is 12.7. The van der Waals surface area contributed by atoms with Gasteiger partial charge < -0.3 is 5.32 Å².